The number of furan rings is 1. The van der Waals surface area contributed by atoms with Crippen LogP contribution < -0.4 is 11.1 Å². The Bertz CT molecular complexity index is 687. The van der Waals surface area contributed by atoms with Gasteiger partial charge in [-0.15, -0.1) is 0 Å². The fraction of sp³-hybridized carbons (Fsp3) is 0.235. The maximum Gasteiger partial charge on any atom is 0.158 e. The minimum absolute atomic E-state index is 0.0895. The predicted molar refractivity (Wildman–Crippen MR) is 83.0 cm³/mol. The molecule has 1 aromatic heterocycles. The molecule has 0 aliphatic heterocycles. The number of carbonyl (C=O) groups is 1. The van der Waals surface area contributed by atoms with Crippen LogP contribution in [-0.2, 0) is 4.79 Å². The Kier molecular flexibility index (Phi) is 3.52. The summed E-state index contributed by atoms with van der Waals surface area (Å²) in [6.45, 7) is 2.00. The third kappa shape index (κ3) is 2.99. The van der Waals surface area contributed by atoms with E-state index < -0.39 is 0 Å². The molecule has 4 nitrogen and oxygen atoms in total. The van der Waals surface area contributed by atoms with Gasteiger partial charge in [-0.05, 0) is 43.2 Å². The van der Waals surface area contributed by atoms with Crippen LogP contribution in [0.4, 0.5) is 11.4 Å². The number of allylic oxidation sites excluding steroid dienone is 2. The molecule has 0 saturated carbocycles. The van der Waals surface area contributed by atoms with E-state index in [1.165, 1.54) is 0 Å². The maximum atomic E-state index is 11.9. The lowest BCUT2D eigenvalue weighted by Gasteiger charge is -2.22. The summed E-state index contributed by atoms with van der Waals surface area (Å²) in [7, 11) is 0. The van der Waals surface area contributed by atoms with Gasteiger partial charge in [0.25, 0.3) is 0 Å². The summed E-state index contributed by atoms with van der Waals surface area (Å²) in [5.74, 6) is 1.05. The van der Waals surface area contributed by atoms with E-state index >= 15 is 0 Å². The lowest BCUT2D eigenvalue weighted by atomic mass is 9.89. The van der Waals surface area contributed by atoms with Crippen LogP contribution in [0, 0.1) is 6.92 Å². The number of carbonyl (C=O) groups excluding carboxylic acids is 1. The Morgan fingerprint density at radius 2 is 2.14 bits per heavy atom. The fourth-order valence-corrected chi connectivity index (χ4v) is 2.67. The van der Waals surface area contributed by atoms with Gasteiger partial charge in [0, 0.05) is 24.1 Å². The number of nitrogen functional groups attached to an aromatic ring is 1. The molecular formula is C17H18N2O2. The summed E-state index contributed by atoms with van der Waals surface area (Å²) in [6.07, 6.45) is 4.54. The number of hydrogen-bond donors (Lipinski definition) is 2. The Morgan fingerprint density at radius 3 is 2.86 bits per heavy atom. The van der Waals surface area contributed by atoms with E-state index in [-0.39, 0.29) is 11.7 Å². The molecule has 2 aromatic rings. The molecule has 0 bridgehead atoms. The molecule has 0 unspecified atom stereocenters. The summed E-state index contributed by atoms with van der Waals surface area (Å²) in [4.78, 5) is 11.9. The molecule has 0 spiro atoms. The van der Waals surface area contributed by atoms with Crippen molar-refractivity contribution in [3.63, 3.8) is 0 Å². The Balaban J connectivity index is 1.80. The molecule has 0 amide bonds. The molecule has 3 N–H and O–H groups in total. The van der Waals surface area contributed by atoms with E-state index in [4.69, 9.17) is 10.2 Å². The SMILES string of the molecule is Cc1ccc(NC2=CC(=O)C[C@H](c3ccco3)C2)c(N)c1. The minimum Gasteiger partial charge on any atom is -0.469 e. The van der Waals surface area contributed by atoms with Crippen molar-refractivity contribution < 1.29 is 9.21 Å². The van der Waals surface area contributed by atoms with Crippen LogP contribution in [0.3, 0.4) is 0 Å². The van der Waals surface area contributed by atoms with Crippen LogP contribution in [-0.4, -0.2) is 5.78 Å². The Hall–Kier alpha value is -2.49. The second-order valence-corrected chi connectivity index (χ2v) is 5.47. The van der Waals surface area contributed by atoms with Gasteiger partial charge >= 0.3 is 0 Å². The first-order chi connectivity index (χ1) is 10.1. The molecule has 1 atom stereocenters. The Morgan fingerprint density at radius 1 is 1.29 bits per heavy atom. The van der Waals surface area contributed by atoms with Crippen LogP contribution >= 0.6 is 0 Å². The third-order valence-corrected chi connectivity index (χ3v) is 3.70. The molecule has 0 radical (unpaired) electrons. The zero-order valence-corrected chi connectivity index (χ0v) is 11.9. The topological polar surface area (TPSA) is 68.3 Å². The summed E-state index contributed by atoms with van der Waals surface area (Å²) in [5.41, 5.74) is 9.52. The molecule has 108 valence electrons. The number of nitrogens with one attached hydrogen (secondary N) is 1. The number of nitrogens with two attached hydrogens (primary N) is 1. The van der Waals surface area contributed by atoms with Crippen LogP contribution in [0.25, 0.3) is 0 Å². The smallest absolute Gasteiger partial charge is 0.158 e. The lowest BCUT2D eigenvalue weighted by Crippen LogP contribution is -2.16. The monoisotopic (exact) mass is 282 g/mol. The van der Waals surface area contributed by atoms with Gasteiger partial charge in [-0.1, -0.05) is 6.07 Å². The highest BCUT2D eigenvalue weighted by Crippen LogP contribution is 2.33. The van der Waals surface area contributed by atoms with E-state index in [0.717, 1.165) is 29.1 Å². The van der Waals surface area contributed by atoms with E-state index in [0.29, 0.717) is 12.1 Å². The molecule has 1 heterocycles. The first-order valence-electron chi connectivity index (χ1n) is 7.02. The van der Waals surface area contributed by atoms with Crippen LogP contribution in [0.15, 0.2) is 52.8 Å². The number of hydrogen-bond acceptors (Lipinski definition) is 4. The minimum atomic E-state index is 0.0895. The highest BCUT2D eigenvalue weighted by molar-refractivity contribution is 5.92. The van der Waals surface area contributed by atoms with Crippen molar-refractivity contribution in [3.8, 4) is 0 Å². The van der Waals surface area contributed by atoms with Gasteiger partial charge in [0.15, 0.2) is 5.78 Å². The van der Waals surface area contributed by atoms with Crippen LogP contribution in [0.1, 0.15) is 30.1 Å². The number of anilines is 2. The molecule has 1 aliphatic rings. The van der Waals surface area contributed by atoms with Gasteiger partial charge in [0.05, 0.1) is 17.6 Å². The van der Waals surface area contributed by atoms with Gasteiger partial charge in [0.1, 0.15) is 5.76 Å². The van der Waals surface area contributed by atoms with Crippen molar-refractivity contribution >= 4 is 17.2 Å². The van der Waals surface area contributed by atoms with Gasteiger partial charge < -0.3 is 15.5 Å². The predicted octanol–water partition coefficient (Wildman–Crippen LogP) is 3.61. The molecule has 1 aliphatic carbocycles. The largest absolute Gasteiger partial charge is 0.469 e. The van der Waals surface area contributed by atoms with Crippen molar-refractivity contribution in [3.05, 3.63) is 59.7 Å². The van der Waals surface area contributed by atoms with Gasteiger partial charge in [-0.2, -0.15) is 0 Å². The van der Waals surface area contributed by atoms with E-state index in [1.807, 2.05) is 37.3 Å². The normalized spacial score (nSPS) is 18.4. The highest BCUT2D eigenvalue weighted by Gasteiger charge is 2.24. The van der Waals surface area contributed by atoms with E-state index in [1.54, 1.807) is 12.3 Å². The molecule has 0 saturated heterocycles. The molecule has 1 aromatic carbocycles. The molecule has 21 heavy (non-hydrogen) atoms. The average Bonchev–Trinajstić information content (AvgIpc) is 2.95. The van der Waals surface area contributed by atoms with Crippen molar-refractivity contribution in [2.75, 3.05) is 11.1 Å². The molecule has 4 heteroatoms. The third-order valence-electron chi connectivity index (χ3n) is 3.70. The molecule has 0 fully saturated rings. The summed E-state index contributed by atoms with van der Waals surface area (Å²) >= 11 is 0. The van der Waals surface area contributed by atoms with Crippen LogP contribution in [0.2, 0.25) is 0 Å². The fourth-order valence-electron chi connectivity index (χ4n) is 2.67. The average molecular weight is 282 g/mol. The van der Waals surface area contributed by atoms with Crippen molar-refractivity contribution in [1.82, 2.24) is 0 Å². The van der Waals surface area contributed by atoms with E-state index in [2.05, 4.69) is 5.32 Å². The van der Waals surface area contributed by atoms with Gasteiger partial charge in [0.2, 0.25) is 0 Å². The lowest BCUT2D eigenvalue weighted by molar-refractivity contribution is -0.115. The van der Waals surface area contributed by atoms with Crippen LogP contribution in [0.5, 0.6) is 0 Å². The number of ketones is 1. The summed E-state index contributed by atoms with van der Waals surface area (Å²) < 4.78 is 5.43. The van der Waals surface area contributed by atoms with Gasteiger partial charge in [-0.3, -0.25) is 4.79 Å². The second kappa shape index (κ2) is 5.48. The van der Waals surface area contributed by atoms with Crippen molar-refractivity contribution in [1.29, 1.82) is 0 Å². The van der Waals surface area contributed by atoms with Crippen molar-refractivity contribution in [2.45, 2.75) is 25.7 Å². The van der Waals surface area contributed by atoms with E-state index in [9.17, 15) is 4.79 Å². The van der Waals surface area contributed by atoms with Gasteiger partial charge in [-0.25, -0.2) is 0 Å². The second-order valence-electron chi connectivity index (χ2n) is 5.47. The zero-order chi connectivity index (χ0) is 14.8. The van der Waals surface area contributed by atoms with Crippen molar-refractivity contribution in [2.24, 2.45) is 0 Å². The Labute approximate surface area is 123 Å². The summed E-state index contributed by atoms with van der Waals surface area (Å²) in [5, 5.41) is 3.27. The number of benzene rings is 1. The first-order valence-corrected chi connectivity index (χ1v) is 7.02. The molecular weight excluding hydrogens is 264 g/mol. The number of aryl methyl sites for hydroxylation is 1. The zero-order valence-electron chi connectivity index (χ0n) is 11.9. The first kappa shape index (κ1) is 13.5. The molecule has 3 rings (SSSR count). The highest BCUT2D eigenvalue weighted by atomic mass is 16.3. The summed E-state index contributed by atoms with van der Waals surface area (Å²) in [6, 6.07) is 9.61. The maximum absolute atomic E-state index is 11.9. The quantitative estimate of drug-likeness (QED) is 0.844. The standard InChI is InChI=1S/C17H18N2O2/c1-11-4-5-16(15(18)7-11)19-13-8-12(9-14(20)10-13)17-3-2-6-21-17/h2-7,10,12,19H,8-9,18H2,1H3/t12-/m1/s1. The number of rotatable bonds is 3.